The molecule has 0 aliphatic rings. The third kappa shape index (κ3) is 6.11. The highest BCUT2D eigenvalue weighted by Crippen LogP contribution is 2.14. The highest BCUT2D eigenvalue weighted by atomic mass is 28.4. The largest absolute Gasteiger partial charge is 0.679 e. The zero-order valence-corrected chi connectivity index (χ0v) is 14.3. The van der Waals surface area contributed by atoms with Crippen LogP contribution in [-0.4, -0.2) is 35.5 Å². The van der Waals surface area contributed by atoms with Gasteiger partial charge in [-0.1, -0.05) is 36.9 Å². The summed E-state index contributed by atoms with van der Waals surface area (Å²) in [7, 11) is -2.99. The summed E-state index contributed by atoms with van der Waals surface area (Å²) in [4.78, 5) is 0. The van der Waals surface area contributed by atoms with Gasteiger partial charge in [0.2, 0.25) is 0 Å². The van der Waals surface area contributed by atoms with E-state index in [0.717, 1.165) is 12.0 Å². The summed E-state index contributed by atoms with van der Waals surface area (Å²) in [6.07, 6.45) is 2.62. The molecule has 0 aliphatic heterocycles. The van der Waals surface area contributed by atoms with Crippen LogP contribution in [0.2, 0.25) is 0 Å². The van der Waals surface area contributed by atoms with Crippen LogP contribution in [0, 0.1) is 0 Å². The van der Waals surface area contributed by atoms with Gasteiger partial charge in [0.1, 0.15) is 0 Å². The lowest BCUT2D eigenvalue weighted by Crippen LogP contribution is -2.49. The molecule has 0 aliphatic carbocycles. The first-order valence-electron chi connectivity index (χ1n) is 7.46. The van der Waals surface area contributed by atoms with E-state index in [0.29, 0.717) is 26.4 Å². The Morgan fingerprint density at radius 1 is 1.00 bits per heavy atom. The van der Waals surface area contributed by atoms with Gasteiger partial charge in [0.15, 0.2) is 0 Å². The van der Waals surface area contributed by atoms with Crippen molar-refractivity contribution >= 4 is 15.1 Å². The predicted molar refractivity (Wildman–Crippen MR) is 86.8 cm³/mol. The fourth-order valence-electron chi connectivity index (χ4n) is 1.95. The average Bonchev–Trinajstić information content (AvgIpc) is 2.48. The van der Waals surface area contributed by atoms with Crippen molar-refractivity contribution in [2.45, 2.75) is 27.2 Å². The van der Waals surface area contributed by atoms with Gasteiger partial charge in [0.05, 0.1) is 0 Å². The van der Waals surface area contributed by atoms with Crippen molar-refractivity contribution in [1.82, 2.24) is 0 Å². The molecule has 0 atom stereocenters. The minimum atomic E-state index is -2.99. The second kappa shape index (κ2) is 9.86. The van der Waals surface area contributed by atoms with E-state index in [1.807, 2.05) is 39.0 Å². The molecule has 21 heavy (non-hydrogen) atoms. The van der Waals surface area contributed by atoms with Crippen LogP contribution in [0.15, 0.2) is 30.8 Å². The van der Waals surface area contributed by atoms with E-state index < -0.39 is 9.05 Å². The van der Waals surface area contributed by atoms with E-state index >= 15 is 0 Å². The molecule has 0 spiro atoms. The summed E-state index contributed by atoms with van der Waals surface area (Å²) < 4.78 is 22.8. The summed E-state index contributed by atoms with van der Waals surface area (Å²) in [5.41, 5.74) is 2.30. The molecule has 0 amide bonds. The van der Waals surface area contributed by atoms with E-state index in [-0.39, 0.29) is 0 Å². The molecule has 5 heteroatoms. The predicted octanol–water partition coefficient (Wildman–Crippen LogP) is 3.43. The average molecular weight is 310 g/mol. The highest BCUT2D eigenvalue weighted by Gasteiger charge is 2.44. The van der Waals surface area contributed by atoms with Gasteiger partial charge in [-0.05, 0) is 38.3 Å². The Balaban J connectivity index is 2.60. The zero-order chi connectivity index (χ0) is 15.6. The number of rotatable bonds is 11. The van der Waals surface area contributed by atoms with Crippen molar-refractivity contribution in [2.24, 2.45) is 0 Å². The van der Waals surface area contributed by atoms with E-state index in [1.165, 1.54) is 5.56 Å². The summed E-state index contributed by atoms with van der Waals surface area (Å²) in [5, 5.41) is 0. The molecule has 0 N–H and O–H groups in total. The van der Waals surface area contributed by atoms with Gasteiger partial charge >= 0.3 is 9.05 Å². The third-order valence-corrected chi connectivity index (χ3v) is 5.30. The molecule has 1 aromatic rings. The maximum absolute atomic E-state index is 5.87. The van der Waals surface area contributed by atoms with Crippen molar-refractivity contribution < 1.29 is 17.7 Å². The van der Waals surface area contributed by atoms with Crippen LogP contribution in [-0.2, 0) is 24.1 Å². The molecule has 1 rings (SSSR count). The molecule has 0 saturated heterocycles. The number of hydrogen-bond donors (Lipinski definition) is 0. The molecule has 0 fully saturated rings. The van der Waals surface area contributed by atoms with Crippen LogP contribution in [0.5, 0.6) is 0 Å². The van der Waals surface area contributed by atoms with Crippen LogP contribution in [0.3, 0.4) is 0 Å². The SMILES string of the molecule is C=Cc1cccc(CCO[Si](OCC)(OCC)OCC)c1. The molecule has 0 bridgehead atoms. The van der Waals surface area contributed by atoms with Crippen molar-refractivity contribution in [3.63, 3.8) is 0 Å². The number of benzene rings is 1. The van der Waals surface area contributed by atoms with Gasteiger partial charge in [-0.2, -0.15) is 0 Å². The smallest absolute Gasteiger partial charge is 0.351 e. The Labute approximate surface area is 129 Å². The van der Waals surface area contributed by atoms with Crippen molar-refractivity contribution in [2.75, 3.05) is 26.4 Å². The minimum Gasteiger partial charge on any atom is -0.351 e. The zero-order valence-electron chi connectivity index (χ0n) is 13.3. The lowest BCUT2D eigenvalue weighted by molar-refractivity contribution is -0.0268. The molecule has 4 nitrogen and oxygen atoms in total. The summed E-state index contributed by atoms with van der Waals surface area (Å²) >= 11 is 0. The maximum atomic E-state index is 5.87. The highest BCUT2D eigenvalue weighted by molar-refractivity contribution is 6.53. The Bertz CT molecular complexity index is 405. The van der Waals surface area contributed by atoms with E-state index in [2.05, 4.69) is 18.7 Å². The molecule has 0 saturated carbocycles. The minimum absolute atomic E-state index is 0.507. The standard InChI is InChI=1S/C16H26O4Si/c1-5-15-10-9-11-16(14-15)12-13-20-21(17-6-2,18-7-3)19-8-4/h5,9-11,14H,1,6-8,12-13H2,2-4H3. The van der Waals surface area contributed by atoms with Crippen LogP contribution >= 0.6 is 0 Å². The van der Waals surface area contributed by atoms with E-state index in [4.69, 9.17) is 17.7 Å². The lowest BCUT2D eigenvalue weighted by Gasteiger charge is -2.26. The quantitative estimate of drug-likeness (QED) is 0.587. The van der Waals surface area contributed by atoms with Gasteiger partial charge in [-0.3, -0.25) is 0 Å². The van der Waals surface area contributed by atoms with Gasteiger partial charge in [-0.25, -0.2) is 0 Å². The molecular weight excluding hydrogens is 284 g/mol. The Morgan fingerprint density at radius 2 is 1.62 bits per heavy atom. The summed E-state index contributed by atoms with van der Waals surface area (Å²) in [6.45, 7) is 11.6. The van der Waals surface area contributed by atoms with Gasteiger partial charge in [0.25, 0.3) is 0 Å². The van der Waals surface area contributed by atoms with E-state index in [9.17, 15) is 0 Å². The van der Waals surface area contributed by atoms with Crippen molar-refractivity contribution in [1.29, 1.82) is 0 Å². The topological polar surface area (TPSA) is 36.9 Å². The van der Waals surface area contributed by atoms with Crippen LogP contribution in [0.4, 0.5) is 0 Å². The van der Waals surface area contributed by atoms with Gasteiger partial charge in [0, 0.05) is 26.4 Å². The second-order valence-electron chi connectivity index (χ2n) is 4.35. The molecule has 118 valence electrons. The van der Waals surface area contributed by atoms with E-state index in [1.54, 1.807) is 0 Å². The fourth-order valence-corrected chi connectivity index (χ4v) is 3.86. The van der Waals surface area contributed by atoms with Crippen LogP contribution < -0.4 is 0 Å². The fraction of sp³-hybridized carbons (Fsp3) is 0.500. The van der Waals surface area contributed by atoms with Gasteiger partial charge < -0.3 is 17.7 Å². The first-order chi connectivity index (χ1) is 10.2. The molecular formula is C16H26O4Si. The first kappa shape index (κ1) is 18.1. The molecule has 0 unspecified atom stereocenters. The van der Waals surface area contributed by atoms with Crippen LogP contribution in [0.25, 0.3) is 6.08 Å². The van der Waals surface area contributed by atoms with Crippen molar-refractivity contribution in [3.8, 4) is 0 Å². The Hall–Kier alpha value is -0.983. The maximum Gasteiger partial charge on any atom is 0.679 e. The van der Waals surface area contributed by atoms with Gasteiger partial charge in [-0.15, -0.1) is 0 Å². The molecule has 0 radical (unpaired) electrons. The molecule has 0 heterocycles. The molecule has 0 aromatic heterocycles. The lowest BCUT2D eigenvalue weighted by atomic mass is 10.1. The monoisotopic (exact) mass is 310 g/mol. The normalized spacial score (nSPS) is 11.6. The molecule has 1 aromatic carbocycles. The third-order valence-electron chi connectivity index (χ3n) is 2.82. The summed E-state index contributed by atoms with van der Waals surface area (Å²) in [5.74, 6) is 0. The van der Waals surface area contributed by atoms with Crippen LogP contribution in [0.1, 0.15) is 31.9 Å². The Morgan fingerprint density at radius 3 is 2.14 bits per heavy atom. The summed E-state index contributed by atoms with van der Waals surface area (Å²) in [6, 6.07) is 8.21. The van der Waals surface area contributed by atoms with Crippen molar-refractivity contribution in [3.05, 3.63) is 42.0 Å². The Kier molecular flexibility index (Phi) is 8.49. The number of hydrogen-bond acceptors (Lipinski definition) is 4. The second-order valence-corrected chi connectivity index (χ2v) is 6.50. The first-order valence-corrected chi connectivity index (χ1v) is 9.10.